The van der Waals surface area contributed by atoms with Crippen LogP contribution in [0, 0.1) is 11.8 Å². The smallest absolute Gasteiger partial charge is 0.226 e. The van der Waals surface area contributed by atoms with Crippen molar-refractivity contribution in [2.75, 3.05) is 0 Å². The molecule has 6 atom stereocenters. The van der Waals surface area contributed by atoms with Crippen LogP contribution in [-0.2, 0) is 9.53 Å². The molecule has 0 saturated carbocycles. The van der Waals surface area contributed by atoms with Crippen LogP contribution < -0.4 is 5.32 Å². The zero-order valence-corrected chi connectivity index (χ0v) is 12.7. The number of fused-ring (bicyclic) bond motifs is 1. The van der Waals surface area contributed by atoms with Gasteiger partial charge in [0.2, 0.25) is 5.91 Å². The van der Waals surface area contributed by atoms with Crippen LogP contribution in [0.15, 0.2) is 24.3 Å². The lowest BCUT2D eigenvalue weighted by atomic mass is 9.88. The normalized spacial score (nSPS) is 38.3. The molecule has 0 radical (unpaired) electrons. The van der Waals surface area contributed by atoms with Gasteiger partial charge in [-0.2, -0.15) is 0 Å². The molecule has 6 unspecified atom stereocenters. The highest BCUT2D eigenvalue weighted by atomic mass is 16.5. The SMILES string of the molecule is CC1OC(C)C(C(=O)NC2CC(O)c3ccccc32)C1C. The van der Waals surface area contributed by atoms with E-state index in [1.54, 1.807) is 0 Å². The van der Waals surface area contributed by atoms with Crippen LogP contribution in [0.1, 0.15) is 50.5 Å². The molecule has 1 aliphatic carbocycles. The number of hydrogen-bond donors (Lipinski definition) is 2. The summed E-state index contributed by atoms with van der Waals surface area (Å²) in [7, 11) is 0. The van der Waals surface area contributed by atoms with Crippen LogP contribution in [0.25, 0.3) is 0 Å². The van der Waals surface area contributed by atoms with Crippen LogP contribution in [0.3, 0.4) is 0 Å². The molecular formula is C17H23NO3. The Hall–Kier alpha value is -1.39. The van der Waals surface area contributed by atoms with E-state index >= 15 is 0 Å². The van der Waals surface area contributed by atoms with Gasteiger partial charge in [0.1, 0.15) is 0 Å². The van der Waals surface area contributed by atoms with E-state index in [0.29, 0.717) is 6.42 Å². The summed E-state index contributed by atoms with van der Waals surface area (Å²) in [6.45, 7) is 6.04. The molecule has 1 heterocycles. The summed E-state index contributed by atoms with van der Waals surface area (Å²) in [5.41, 5.74) is 1.96. The number of nitrogens with one attached hydrogen (secondary N) is 1. The first-order valence-electron chi connectivity index (χ1n) is 7.71. The van der Waals surface area contributed by atoms with E-state index in [9.17, 15) is 9.90 Å². The third-order valence-corrected chi connectivity index (χ3v) is 5.05. The predicted molar refractivity (Wildman–Crippen MR) is 79.6 cm³/mol. The van der Waals surface area contributed by atoms with Gasteiger partial charge in [-0.25, -0.2) is 0 Å². The Labute approximate surface area is 125 Å². The summed E-state index contributed by atoms with van der Waals surface area (Å²) in [5.74, 6) is 0.125. The Bertz CT molecular complexity index is 545. The Morgan fingerprint density at radius 2 is 1.86 bits per heavy atom. The van der Waals surface area contributed by atoms with Gasteiger partial charge in [-0.05, 0) is 30.9 Å². The molecule has 4 nitrogen and oxygen atoms in total. The summed E-state index contributed by atoms with van der Waals surface area (Å²) < 4.78 is 5.75. The number of rotatable bonds is 2. The first kappa shape index (κ1) is 14.5. The monoisotopic (exact) mass is 289 g/mol. The first-order valence-corrected chi connectivity index (χ1v) is 7.71. The van der Waals surface area contributed by atoms with Crippen molar-refractivity contribution in [1.29, 1.82) is 0 Å². The van der Waals surface area contributed by atoms with Crippen LogP contribution in [0.4, 0.5) is 0 Å². The number of ether oxygens (including phenoxy) is 1. The maximum atomic E-state index is 12.6. The number of aliphatic hydroxyl groups is 1. The molecule has 21 heavy (non-hydrogen) atoms. The number of carbonyl (C=O) groups is 1. The van der Waals surface area contributed by atoms with Gasteiger partial charge in [0.05, 0.1) is 30.3 Å². The van der Waals surface area contributed by atoms with Crippen LogP contribution in [-0.4, -0.2) is 23.2 Å². The van der Waals surface area contributed by atoms with E-state index in [4.69, 9.17) is 4.74 Å². The minimum Gasteiger partial charge on any atom is -0.388 e. The van der Waals surface area contributed by atoms with Crippen molar-refractivity contribution in [3.05, 3.63) is 35.4 Å². The Balaban J connectivity index is 1.75. The second kappa shape index (κ2) is 5.43. The Morgan fingerprint density at radius 1 is 1.19 bits per heavy atom. The van der Waals surface area contributed by atoms with Crippen molar-refractivity contribution < 1.29 is 14.6 Å². The van der Waals surface area contributed by atoms with Crippen molar-refractivity contribution in [2.24, 2.45) is 11.8 Å². The molecule has 1 saturated heterocycles. The summed E-state index contributed by atoms with van der Waals surface area (Å²) in [6, 6.07) is 7.68. The van der Waals surface area contributed by atoms with E-state index in [1.807, 2.05) is 38.1 Å². The molecule has 0 bridgehead atoms. The number of benzene rings is 1. The lowest BCUT2D eigenvalue weighted by Gasteiger charge is -2.21. The zero-order valence-electron chi connectivity index (χ0n) is 12.7. The lowest BCUT2D eigenvalue weighted by Crippen LogP contribution is -2.38. The third kappa shape index (κ3) is 2.47. The van der Waals surface area contributed by atoms with Crippen molar-refractivity contribution in [2.45, 2.75) is 51.5 Å². The van der Waals surface area contributed by atoms with Crippen LogP contribution >= 0.6 is 0 Å². The molecule has 2 aliphatic rings. The van der Waals surface area contributed by atoms with Gasteiger partial charge in [-0.3, -0.25) is 4.79 Å². The van der Waals surface area contributed by atoms with E-state index in [-0.39, 0.29) is 36.0 Å². The van der Waals surface area contributed by atoms with E-state index in [0.717, 1.165) is 11.1 Å². The fourth-order valence-corrected chi connectivity index (χ4v) is 3.73. The summed E-state index contributed by atoms with van der Waals surface area (Å²) in [4.78, 5) is 12.6. The molecular weight excluding hydrogens is 266 g/mol. The van der Waals surface area contributed by atoms with Gasteiger partial charge >= 0.3 is 0 Å². The van der Waals surface area contributed by atoms with E-state index in [1.165, 1.54) is 0 Å². The Morgan fingerprint density at radius 3 is 2.48 bits per heavy atom. The average molecular weight is 289 g/mol. The Kier molecular flexibility index (Phi) is 3.76. The van der Waals surface area contributed by atoms with Gasteiger partial charge < -0.3 is 15.2 Å². The van der Waals surface area contributed by atoms with Gasteiger partial charge in [-0.15, -0.1) is 0 Å². The molecule has 1 aliphatic heterocycles. The molecule has 2 N–H and O–H groups in total. The fourth-order valence-electron chi connectivity index (χ4n) is 3.73. The molecule has 3 rings (SSSR count). The highest BCUT2D eigenvalue weighted by molar-refractivity contribution is 5.80. The van der Waals surface area contributed by atoms with E-state index < -0.39 is 6.10 Å². The van der Waals surface area contributed by atoms with Gasteiger partial charge in [-0.1, -0.05) is 31.2 Å². The second-order valence-corrected chi connectivity index (χ2v) is 6.37. The molecule has 1 amide bonds. The maximum absolute atomic E-state index is 12.6. The topological polar surface area (TPSA) is 58.6 Å². The number of hydrogen-bond acceptors (Lipinski definition) is 3. The third-order valence-electron chi connectivity index (χ3n) is 5.05. The molecule has 1 fully saturated rings. The highest BCUT2D eigenvalue weighted by Gasteiger charge is 2.42. The summed E-state index contributed by atoms with van der Waals surface area (Å²) in [6.07, 6.45) is 0.116. The maximum Gasteiger partial charge on any atom is 0.226 e. The average Bonchev–Trinajstić information content (AvgIpc) is 2.89. The number of amides is 1. The molecule has 114 valence electrons. The largest absolute Gasteiger partial charge is 0.388 e. The first-order chi connectivity index (χ1) is 9.99. The van der Waals surface area contributed by atoms with Gasteiger partial charge in [0.25, 0.3) is 0 Å². The quantitative estimate of drug-likeness (QED) is 0.878. The number of aliphatic hydroxyl groups excluding tert-OH is 1. The molecule has 1 aromatic carbocycles. The second-order valence-electron chi connectivity index (χ2n) is 6.37. The molecule has 1 aromatic rings. The lowest BCUT2D eigenvalue weighted by molar-refractivity contribution is -0.128. The zero-order chi connectivity index (χ0) is 15.1. The van der Waals surface area contributed by atoms with Crippen molar-refractivity contribution >= 4 is 5.91 Å². The van der Waals surface area contributed by atoms with Crippen molar-refractivity contribution in [3.63, 3.8) is 0 Å². The highest BCUT2D eigenvalue weighted by Crippen LogP contribution is 2.39. The van der Waals surface area contributed by atoms with Crippen LogP contribution in [0.5, 0.6) is 0 Å². The predicted octanol–water partition coefficient (Wildman–Crippen LogP) is 2.34. The van der Waals surface area contributed by atoms with E-state index in [2.05, 4.69) is 12.2 Å². The van der Waals surface area contributed by atoms with Gasteiger partial charge in [0, 0.05) is 6.42 Å². The van der Waals surface area contributed by atoms with Crippen molar-refractivity contribution in [3.8, 4) is 0 Å². The van der Waals surface area contributed by atoms with Crippen LogP contribution in [0.2, 0.25) is 0 Å². The van der Waals surface area contributed by atoms with Gasteiger partial charge in [0.15, 0.2) is 0 Å². The molecule has 4 heteroatoms. The molecule has 0 aromatic heterocycles. The molecule has 0 spiro atoms. The van der Waals surface area contributed by atoms with Crippen molar-refractivity contribution in [1.82, 2.24) is 5.32 Å². The fraction of sp³-hybridized carbons (Fsp3) is 0.588. The minimum absolute atomic E-state index is 0.0354. The standard InChI is InChI=1S/C17H23NO3/c1-9-10(2)21-11(3)16(9)17(20)18-14-8-15(19)13-7-5-4-6-12(13)14/h4-7,9-11,14-16,19H,8H2,1-3H3,(H,18,20). The summed E-state index contributed by atoms with van der Waals surface area (Å²) >= 11 is 0. The number of carbonyl (C=O) groups excluding carboxylic acids is 1. The minimum atomic E-state index is -0.486. The summed E-state index contributed by atoms with van der Waals surface area (Å²) in [5, 5.41) is 13.2.